The van der Waals surface area contributed by atoms with Crippen molar-refractivity contribution in [3.8, 4) is 11.3 Å². The van der Waals surface area contributed by atoms with E-state index in [0.29, 0.717) is 33.5 Å². The number of carbonyl (C=O) groups excluding carboxylic acids is 1. The van der Waals surface area contributed by atoms with Crippen molar-refractivity contribution < 1.29 is 13.6 Å². The van der Waals surface area contributed by atoms with Crippen LogP contribution in [0.25, 0.3) is 22.4 Å². The standard InChI is InChI=1S/C21H21ClFNO2.C11H24.C2H6/c1-11(2)19(25)18-10-17-20(26-18)13(21(3,4)5)9-16(24-17)12-6-7-14(22)15(23)8-12;1-6-8-10(7-2)9-11(3,4)5;1-2/h6-11H,1-5H3;10H,6-9H2,1-5H3;1-2H3. The summed E-state index contributed by atoms with van der Waals surface area (Å²) in [7, 11) is 0. The molecule has 0 saturated carbocycles. The van der Waals surface area contributed by atoms with Crippen molar-refractivity contribution >= 4 is 28.5 Å². The summed E-state index contributed by atoms with van der Waals surface area (Å²) in [6, 6.07) is 8.16. The number of carbonyl (C=O) groups is 1. The Morgan fingerprint density at radius 1 is 1.03 bits per heavy atom. The Labute approximate surface area is 241 Å². The molecule has 2 heterocycles. The van der Waals surface area contributed by atoms with Gasteiger partial charge in [-0.05, 0) is 41.4 Å². The lowest BCUT2D eigenvalue weighted by molar-refractivity contribution is 0.0913. The number of benzene rings is 1. The largest absolute Gasteiger partial charge is 0.451 e. The van der Waals surface area contributed by atoms with Crippen LogP contribution in [0.3, 0.4) is 0 Å². The average molecular weight is 560 g/mol. The molecule has 0 N–H and O–H groups in total. The van der Waals surface area contributed by atoms with E-state index in [1.807, 2.05) is 33.8 Å². The number of hydrogen-bond acceptors (Lipinski definition) is 3. The number of rotatable bonds is 7. The predicted molar refractivity (Wildman–Crippen MR) is 166 cm³/mol. The minimum absolute atomic E-state index is 0.0676. The highest BCUT2D eigenvalue weighted by Crippen LogP contribution is 2.35. The lowest BCUT2D eigenvalue weighted by Gasteiger charge is -2.24. The van der Waals surface area contributed by atoms with Crippen LogP contribution in [0.5, 0.6) is 0 Å². The highest BCUT2D eigenvalue weighted by molar-refractivity contribution is 6.30. The summed E-state index contributed by atoms with van der Waals surface area (Å²) in [5.74, 6) is 0.527. The summed E-state index contributed by atoms with van der Waals surface area (Å²) >= 11 is 5.79. The van der Waals surface area contributed by atoms with Crippen molar-refractivity contribution in [3.63, 3.8) is 0 Å². The van der Waals surface area contributed by atoms with E-state index in [0.717, 1.165) is 11.5 Å². The first-order chi connectivity index (χ1) is 18.1. The molecule has 0 radical (unpaired) electrons. The highest BCUT2D eigenvalue weighted by Gasteiger charge is 2.25. The molecule has 0 spiro atoms. The van der Waals surface area contributed by atoms with Gasteiger partial charge in [0.2, 0.25) is 5.78 Å². The van der Waals surface area contributed by atoms with Crippen LogP contribution in [0.4, 0.5) is 4.39 Å². The molecule has 1 atom stereocenters. The summed E-state index contributed by atoms with van der Waals surface area (Å²) in [4.78, 5) is 16.9. The maximum absolute atomic E-state index is 13.9. The van der Waals surface area contributed by atoms with Gasteiger partial charge in [-0.2, -0.15) is 0 Å². The zero-order chi connectivity index (χ0) is 30.1. The van der Waals surface area contributed by atoms with Gasteiger partial charge in [-0.15, -0.1) is 0 Å². The second kappa shape index (κ2) is 15.0. The third-order valence-corrected chi connectivity index (χ3v) is 6.75. The molecule has 39 heavy (non-hydrogen) atoms. The van der Waals surface area contributed by atoms with Crippen LogP contribution in [-0.2, 0) is 5.41 Å². The van der Waals surface area contributed by atoms with Crippen molar-refractivity contribution in [2.24, 2.45) is 17.3 Å². The molecule has 5 heteroatoms. The normalized spacial score (nSPS) is 12.5. The number of aromatic nitrogens is 1. The van der Waals surface area contributed by atoms with Gasteiger partial charge in [-0.25, -0.2) is 9.37 Å². The Balaban J connectivity index is 0.000000495. The smallest absolute Gasteiger partial charge is 0.200 e. The van der Waals surface area contributed by atoms with E-state index in [9.17, 15) is 9.18 Å². The van der Waals surface area contributed by atoms with Crippen LogP contribution in [0, 0.1) is 23.1 Å². The highest BCUT2D eigenvalue weighted by atomic mass is 35.5. The van der Waals surface area contributed by atoms with Gasteiger partial charge in [0.05, 0.1) is 10.7 Å². The molecule has 1 aromatic carbocycles. The number of fused-ring (bicyclic) bond motifs is 1. The quantitative estimate of drug-likeness (QED) is 0.270. The monoisotopic (exact) mass is 559 g/mol. The number of ketones is 1. The summed E-state index contributed by atoms with van der Waals surface area (Å²) in [6.45, 7) is 25.4. The Morgan fingerprint density at radius 3 is 2.10 bits per heavy atom. The van der Waals surface area contributed by atoms with Gasteiger partial charge in [0.25, 0.3) is 0 Å². The molecule has 1 unspecified atom stereocenters. The molecule has 2 aromatic heterocycles. The molecule has 3 nitrogen and oxygen atoms in total. The van der Waals surface area contributed by atoms with Gasteiger partial charge in [0, 0.05) is 23.1 Å². The molecule has 0 bridgehead atoms. The first-order valence-electron chi connectivity index (χ1n) is 14.5. The van der Waals surface area contributed by atoms with Gasteiger partial charge in [0.1, 0.15) is 11.3 Å². The van der Waals surface area contributed by atoms with Gasteiger partial charge < -0.3 is 4.42 Å². The summed E-state index contributed by atoms with van der Waals surface area (Å²) in [5, 5.41) is 0.0685. The van der Waals surface area contributed by atoms with Crippen LogP contribution in [0.15, 0.2) is 34.7 Å². The first kappa shape index (κ1) is 34.8. The topological polar surface area (TPSA) is 43.1 Å². The zero-order valence-corrected chi connectivity index (χ0v) is 27.1. The number of nitrogens with zero attached hydrogens (tertiary/aromatic N) is 1. The number of hydrogen-bond donors (Lipinski definition) is 0. The van der Waals surface area contributed by atoms with Gasteiger partial charge in [0.15, 0.2) is 11.3 Å². The Bertz CT molecular complexity index is 1200. The fraction of sp³-hybridized carbons (Fsp3) is 0.588. The lowest BCUT2D eigenvalue weighted by Crippen LogP contribution is -2.12. The second-order valence-corrected chi connectivity index (χ2v) is 13.0. The molecule has 3 aromatic rings. The van der Waals surface area contributed by atoms with Crippen LogP contribution in [0.2, 0.25) is 5.02 Å². The van der Waals surface area contributed by atoms with E-state index in [-0.39, 0.29) is 22.1 Å². The lowest BCUT2D eigenvalue weighted by atomic mass is 9.82. The number of pyridine rings is 1. The van der Waals surface area contributed by atoms with Crippen LogP contribution in [-0.4, -0.2) is 10.8 Å². The van der Waals surface area contributed by atoms with Gasteiger partial charge >= 0.3 is 0 Å². The van der Waals surface area contributed by atoms with Crippen molar-refractivity contribution in [3.05, 3.63) is 52.5 Å². The number of Topliss-reactive ketones (excluding diaryl/α,β-unsaturated/α-hetero) is 1. The number of halogens is 2. The van der Waals surface area contributed by atoms with E-state index < -0.39 is 5.82 Å². The summed E-state index contributed by atoms with van der Waals surface area (Å²) in [5.41, 5.74) is 3.62. The molecule has 0 aliphatic rings. The maximum Gasteiger partial charge on any atom is 0.200 e. The van der Waals surface area contributed by atoms with Crippen LogP contribution in [0.1, 0.15) is 125 Å². The van der Waals surface area contributed by atoms with Crippen molar-refractivity contribution in [1.29, 1.82) is 0 Å². The van der Waals surface area contributed by atoms with Crippen LogP contribution >= 0.6 is 11.6 Å². The van der Waals surface area contributed by atoms with Gasteiger partial charge in [-0.3, -0.25) is 4.79 Å². The molecule has 0 saturated heterocycles. The Morgan fingerprint density at radius 2 is 1.64 bits per heavy atom. The predicted octanol–water partition coefficient (Wildman–Crippen LogP) is 11.7. The molecular formula is C34H51ClFNO2. The van der Waals surface area contributed by atoms with Crippen LogP contribution < -0.4 is 0 Å². The summed E-state index contributed by atoms with van der Waals surface area (Å²) < 4.78 is 19.8. The van der Waals surface area contributed by atoms with E-state index in [4.69, 9.17) is 16.0 Å². The van der Waals surface area contributed by atoms with Crippen molar-refractivity contribution in [2.45, 2.75) is 114 Å². The molecule has 0 fully saturated rings. The van der Waals surface area contributed by atoms with Gasteiger partial charge in [-0.1, -0.05) is 120 Å². The second-order valence-electron chi connectivity index (χ2n) is 12.6. The fourth-order valence-corrected chi connectivity index (χ4v) is 4.63. The minimum atomic E-state index is -0.494. The van der Waals surface area contributed by atoms with Crippen molar-refractivity contribution in [1.82, 2.24) is 4.98 Å². The summed E-state index contributed by atoms with van der Waals surface area (Å²) in [6.07, 6.45) is 5.49. The first-order valence-corrected chi connectivity index (χ1v) is 14.9. The molecule has 0 aliphatic carbocycles. The molecule has 218 valence electrons. The number of furan rings is 1. The van der Waals surface area contributed by atoms with E-state index >= 15 is 0 Å². The molecule has 0 aliphatic heterocycles. The van der Waals surface area contributed by atoms with E-state index in [2.05, 4.69) is 60.4 Å². The third-order valence-electron chi connectivity index (χ3n) is 6.44. The van der Waals surface area contributed by atoms with E-state index in [1.165, 1.54) is 37.8 Å². The maximum atomic E-state index is 13.9. The molecule has 3 rings (SSSR count). The Hall–Kier alpha value is -2.20. The zero-order valence-electron chi connectivity index (χ0n) is 26.4. The molecule has 0 amide bonds. The SMILES string of the molecule is CC.CC(C)C(=O)c1cc2nc(-c3ccc(Cl)c(F)c3)cc(C(C)(C)C)c2o1.CCCC(CC)CC(C)(C)C. The molecular weight excluding hydrogens is 509 g/mol. The van der Waals surface area contributed by atoms with Crippen molar-refractivity contribution in [2.75, 3.05) is 0 Å². The average Bonchev–Trinajstić information content (AvgIpc) is 3.28. The third kappa shape index (κ3) is 10.4. The van der Waals surface area contributed by atoms with E-state index in [1.54, 1.807) is 12.1 Å². The Kier molecular flexibility index (Phi) is 13.4. The fourth-order valence-electron chi connectivity index (χ4n) is 4.51. The minimum Gasteiger partial charge on any atom is -0.451 e.